The van der Waals surface area contributed by atoms with E-state index in [-0.39, 0.29) is 11.8 Å². The number of rotatable bonds is 2. The van der Waals surface area contributed by atoms with E-state index < -0.39 is 6.23 Å². The van der Waals surface area contributed by atoms with E-state index in [1.165, 1.54) is 0 Å². The van der Waals surface area contributed by atoms with Gasteiger partial charge in [-0.2, -0.15) is 0 Å². The largest absolute Gasteiger partial charge is 0.373 e. The molecule has 0 aromatic heterocycles. The Bertz CT molecular complexity index is 145. The highest BCUT2D eigenvalue weighted by atomic mass is 16.3. The summed E-state index contributed by atoms with van der Waals surface area (Å²) in [5.74, 6) is 0.312. The predicted molar refractivity (Wildman–Crippen MR) is 37.1 cm³/mol. The fourth-order valence-electron chi connectivity index (χ4n) is 1.14. The minimum Gasteiger partial charge on any atom is -0.373 e. The summed E-state index contributed by atoms with van der Waals surface area (Å²) >= 11 is 0. The third-order valence-corrected chi connectivity index (χ3v) is 1.73. The van der Waals surface area contributed by atoms with Gasteiger partial charge in [0.15, 0.2) is 0 Å². The number of carbonyl (C=O) groups excluding carboxylic acids is 1. The van der Waals surface area contributed by atoms with Crippen LogP contribution in [0.3, 0.4) is 0 Å². The summed E-state index contributed by atoms with van der Waals surface area (Å²) in [6, 6.07) is 0. The lowest BCUT2D eigenvalue weighted by molar-refractivity contribution is -0.147. The molecule has 1 fully saturated rings. The van der Waals surface area contributed by atoms with E-state index in [1.54, 1.807) is 0 Å². The summed E-state index contributed by atoms with van der Waals surface area (Å²) < 4.78 is 0. The fraction of sp³-hybridized carbons (Fsp3) is 0.857. The molecular formula is C7H13NO2. The minimum absolute atomic E-state index is 0.0128. The molecule has 0 spiro atoms. The van der Waals surface area contributed by atoms with Crippen molar-refractivity contribution in [1.82, 2.24) is 5.32 Å². The summed E-state index contributed by atoms with van der Waals surface area (Å²) in [7, 11) is 0. The molecule has 1 rings (SSSR count). The van der Waals surface area contributed by atoms with E-state index in [1.807, 2.05) is 13.8 Å². The van der Waals surface area contributed by atoms with Gasteiger partial charge in [-0.25, -0.2) is 0 Å². The molecule has 0 radical (unpaired) electrons. The molecule has 10 heavy (non-hydrogen) atoms. The van der Waals surface area contributed by atoms with Crippen molar-refractivity contribution in [1.29, 1.82) is 0 Å². The summed E-state index contributed by atoms with van der Waals surface area (Å²) in [6.07, 6.45) is 0.197. The first-order valence-corrected chi connectivity index (χ1v) is 3.59. The number of carbonyl (C=O) groups is 1. The van der Waals surface area contributed by atoms with Gasteiger partial charge in [-0.15, -0.1) is 0 Å². The number of aliphatic hydroxyl groups is 1. The average molecular weight is 143 g/mol. The lowest BCUT2D eigenvalue weighted by atomic mass is 9.89. The van der Waals surface area contributed by atoms with Crippen LogP contribution in [0.5, 0.6) is 0 Å². The van der Waals surface area contributed by atoms with Gasteiger partial charge < -0.3 is 10.4 Å². The summed E-state index contributed by atoms with van der Waals surface area (Å²) in [6.45, 7) is 4.08. The molecule has 1 aliphatic heterocycles. The first kappa shape index (κ1) is 7.54. The van der Waals surface area contributed by atoms with E-state index >= 15 is 0 Å². The van der Waals surface area contributed by atoms with Crippen molar-refractivity contribution in [3.8, 4) is 0 Å². The van der Waals surface area contributed by atoms with Crippen molar-refractivity contribution in [2.75, 3.05) is 0 Å². The van der Waals surface area contributed by atoms with Crippen LogP contribution in [-0.4, -0.2) is 17.2 Å². The van der Waals surface area contributed by atoms with Gasteiger partial charge >= 0.3 is 0 Å². The first-order valence-electron chi connectivity index (χ1n) is 3.59. The Balaban J connectivity index is 2.33. The van der Waals surface area contributed by atoms with E-state index in [0.717, 1.165) is 6.42 Å². The van der Waals surface area contributed by atoms with Crippen molar-refractivity contribution < 1.29 is 9.90 Å². The highest BCUT2D eigenvalue weighted by Crippen LogP contribution is 2.20. The number of hydrogen-bond donors (Lipinski definition) is 2. The van der Waals surface area contributed by atoms with Gasteiger partial charge in [-0.1, -0.05) is 13.8 Å². The number of amides is 1. The van der Waals surface area contributed by atoms with Gasteiger partial charge in [0.05, 0.1) is 5.92 Å². The Hall–Kier alpha value is -0.570. The quantitative estimate of drug-likeness (QED) is 0.538. The molecule has 3 nitrogen and oxygen atoms in total. The topological polar surface area (TPSA) is 49.3 Å². The molecule has 58 valence electrons. The van der Waals surface area contributed by atoms with Crippen LogP contribution in [0.4, 0.5) is 0 Å². The Morgan fingerprint density at radius 3 is 2.50 bits per heavy atom. The van der Waals surface area contributed by atoms with Crippen LogP contribution in [0.15, 0.2) is 0 Å². The molecule has 3 heteroatoms. The maximum absolute atomic E-state index is 10.7. The van der Waals surface area contributed by atoms with Gasteiger partial charge in [-0.3, -0.25) is 4.79 Å². The monoisotopic (exact) mass is 143 g/mol. The van der Waals surface area contributed by atoms with Gasteiger partial charge in [-0.05, 0) is 12.3 Å². The SMILES string of the molecule is CC(C)C[C@@H]1C(=O)N[C@@H]1O. The maximum Gasteiger partial charge on any atom is 0.229 e. The zero-order valence-corrected chi connectivity index (χ0v) is 6.29. The second-order valence-electron chi connectivity index (χ2n) is 3.19. The lowest BCUT2D eigenvalue weighted by Crippen LogP contribution is -2.58. The van der Waals surface area contributed by atoms with Crippen molar-refractivity contribution in [2.24, 2.45) is 11.8 Å². The zero-order chi connectivity index (χ0) is 7.72. The highest BCUT2D eigenvalue weighted by molar-refractivity contribution is 5.85. The molecule has 1 amide bonds. The average Bonchev–Trinajstić information content (AvgIpc) is 1.84. The molecule has 0 bridgehead atoms. The van der Waals surface area contributed by atoms with E-state index in [4.69, 9.17) is 5.11 Å². The Morgan fingerprint density at radius 1 is 1.70 bits per heavy atom. The molecule has 2 atom stereocenters. The molecule has 0 aromatic carbocycles. The van der Waals surface area contributed by atoms with Crippen molar-refractivity contribution in [3.63, 3.8) is 0 Å². The molecule has 1 aliphatic rings. The van der Waals surface area contributed by atoms with Gasteiger partial charge in [0.25, 0.3) is 0 Å². The maximum atomic E-state index is 10.7. The van der Waals surface area contributed by atoms with Crippen LogP contribution in [0, 0.1) is 11.8 Å². The molecule has 0 aromatic rings. The van der Waals surface area contributed by atoms with Gasteiger partial charge in [0.2, 0.25) is 5.91 Å². The van der Waals surface area contributed by atoms with Gasteiger partial charge in [0.1, 0.15) is 6.23 Å². The van der Waals surface area contributed by atoms with Crippen LogP contribution >= 0.6 is 0 Å². The van der Waals surface area contributed by atoms with Crippen LogP contribution in [-0.2, 0) is 4.79 Å². The number of nitrogens with one attached hydrogen (secondary N) is 1. The minimum atomic E-state index is -0.588. The smallest absolute Gasteiger partial charge is 0.229 e. The molecular weight excluding hydrogens is 130 g/mol. The molecule has 0 unspecified atom stereocenters. The Morgan fingerprint density at radius 2 is 2.30 bits per heavy atom. The van der Waals surface area contributed by atoms with E-state index in [0.29, 0.717) is 5.92 Å². The fourth-order valence-corrected chi connectivity index (χ4v) is 1.14. The van der Waals surface area contributed by atoms with Gasteiger partial charge in [0, 0.05) is 0 Å². The third kappa shape index (κ3) is 1.29. The number of aliphatic hydroxyl groups excluding tert-OH is 1. The second-order valence-corrected chi connectivity index (χ2v) is 3.19. The Labute approximate surface area is 60.4 Å². The van der Waals surface area contributed by atoms with Crippen LogP contribution in [0.25, 0.3) is 0 Å². The number of hydrogen-bond acceptors (Lipinski definition) is 2. The Kier molecular flexibility index (Phi) is 1.94. The normalized spacial score (nSPS) is 31.8. The standard InChI is InChI=1S/C7H13NO2/c1-4(2)3-5-6(9)8-7(5)10/h4-6,9H,3H2,1-2H3,(H,8,10)/t5-,6+/m0/s1. The summed E-state index contributed by atoms with van der Waals surface area (Å²) in [4.78, 5) is 10.7. The summed E-state index contributed by atoms with van der Waals surface area (Å²) in [5, 5.41) is 11.4. The van der Waals surface area contributed by atoms with Crippen LogP contribution < -0.4 is 5.32 Å². The molecule has 2 N–H and O–H groups in total. The molecule has 1 saturated heterocycles. The van der Waals surface area contributed by atoms with Crippen molar-refractivity contribution in [2.45, 2.75) is 26.5 Å². The van der Waals surface area contributed by atoms with Crippen LogP contribution in [0.1, 0.15) is 20.3 Å². The third-order valence-electron chi connectivity index (χ3n) is 1.73. The first-order chi connectivity index (χ1) is 4.61. The van der Waals surface area contributed by atoms with Crippen LogP contribution in [0.2, 0.25) is 0 Å². The van der Waals surface area contributed by atoms with E-state index in [2.05, 4.69) is 5.32 Å². The zero-order valence-electron chi connectivity index (χ0n) is 6.29. The predicted octanol–water partition coefficient (Wildman–Crippen LogP) is 0.0969. The van der Waals surface area contributed by atoms with E-state index in [9.17, 15) is 4.79 Å². The molecule has 1 heterocycles. The lowest BCUT2D eigenvalue weighted by Gasteiger charge is -2.33. The van der Waals surface area contributed by atoms with Crippen molar-refractivity contribution >= 4 is 5.91 Å². The van der Waals surface area contributed by atoms with Crippen molar-refractivity contribution in [3.05, 3.63) is 0 Å². The molecule has 0 aliphatic carbocycles. The molecule has 0 saturated carbocycles. The second kappa shape index (κ2) is 2.58. The number of β-lactam (4-membered cyclic amide) rings is 1. The highest BCUT2D eigenvalue weighted by Gasteiger charge is 2.37. The summed E-state index contributed by atoms with van der Waals surface area (Å²) in [5.41, 5.74) is 0.